The van der Waals surface area contributed by atoms with E-state index < -0.39 is 21.9 Å². The lowest BCUT2D eigenvalue weighted by Gasteiger charge is -2.20. The smallest absolute Gasteiger partial charge is 0.267 e. The summed E-state index contributed by atoms with van der Waals surface area (Å²) in [7, 11) is -4.16. The zero-order valence-corrected chi connectivity index (χ0v) is 11.9. The van der Waals surface area contributed by atoms with Crippen molar-refractivity contribution >= 4 is 16.0 Å². The van der Waals surface area contributed by atoms with Gasteiger partial charge in [-0.2, -0.15) is 8.42 Å². The van der Waals surface area contributed by atoms with Crippen molar-refractivity contribution in [1.29, 1.82) is 0 Å². The van der Waals surface area contributed by atoms with Crippen LogP contribution in [0.25, 0.3) is 0 Å². The summed E-state index contributed by atoms with van der Waals surface area (Å²) in [5, 5.41) is 2.66. The number of carbonyl (C=O) groups is 1. The van der Waals surface area contributed by atoms with E-state index in [-0.39, 0.29) is 11.8 Å². The van der Waals surface area contributed by atoms with E-state index in [9.17, 15) is 13.2 Å². The molecule has 1 aromatic carbocycles. The molecule has 0 bridgehead atoms. The molecule has 0 heterocycles. The zero-order chi connectivity index (χ0) is 14.5. The van der Waals surface area contributed by atoms with Crippen LogP contribution >= 0.6 is 0 Å². The summed E-state index contributed by atoms with van der Waals surface area (Å²) in [6.45, 7) is 3.65. The van der Waals surface area contributed by atoms with E-state index in [0.29, 0.717) is 12.0 Å². The molecule has 0 aliphatic carbocycles. The van der Waals surface area contributed by atoms with Gasteiger partial charge in [-0.1, -0.05) is 44.2 Å². The number of benzene rings is 1. The van der Waals surface area contributed by atoms with E-state index in [1.165, 1.54) is 0 Å². The fraction of sp³-hybridized carbons (Fsp3) is 0.462. The van der Waals surface area contributed by atoms with Crippen LogP contribution in [0, 0.1) is 5.92 Å². The van der Waals surface area contributed by atoms with E-state index in [0.717, 1.165) is 0 Å². The molecule has 0 saturated heterocycles. The Kier molecular flexibility index (Phi) is 5.50. The highest BCUT2D eigenvalue weighted by molar-refractivity contribution is 7.85. The molecule has 0 aliphatic rings. The van der Waals surface area contributed by atoms with Crippen molar-refractivity contribution in [2.45, 2.75) is 26.3 Å². The van der Waals surface area contributed by atoms with Crippen LogP contribution in [0.15, 0.2) is 30.3 Å². The highest BCUT2D eigenvalue weighted by atomic mass is 32.2. The van der Waals surface area contributed by atoms with Crippen LogP contribution in [-0.4, -0.2) is 24.6 Å². The number of hydrogen-bond acceptors (Lipinski definition) is 3. The number of rotatable bonds is 6. The summed E-state index contributed by atoms with van der Waals surface area (Å²) in [6, 6.07) is 7.99. The molecule has 0 saturated carbocycles. The van der Waals surface area contributed by atoms with E-state index in [1.54, 1.807) is 37.3 Å². The maximum atomic E-state index is 11.9. The minimum absolute atomic E-state index is 0.201. The normalized spacial score (nSPS) is 14.7. The molecular formula is C13H19NO4S. The van der Waals surface area contributed by atoms with Crippen LogP contribution in [0.1, 0.15) is 31.9 Å². The number of carbonyl (C=O) groups excluding carboxylic acids is 1. The third-order valence-corrected chi connectivity index (χ3v) is 3.71. The molecule has 106 valence electrons. The second-order valence-electron chi connectivity index (χ2n) is 4.53. The van der Waals surface area contributed by atoms with Crippen molar-refractivity contribution in [2.24, 2.45) is 5.92 Å². The molecule has 1 rings (SSSR count). The minimum atomic E-state index is -4.16. The first-order valence-electron chi connectivity index (χ1n) is 6.14. The predicted octanol–water partition coefficient (Wildman–Crippen LogP) is 1.78. The summed E-state index contributed by atoms with van der Waals surface area (Å²) < 4.78 is 31.1. The summed E-state index contributed by atoms with van der Waals surface area (Å²) in [6.07, 6.45) is 0.666. The van der Waals surface area contributed by atoms with Crippen molar-refractivity contribution in [3.8, 4) is 0 Å². The Hall–Kier alpha value is -1.40. The SMILES string of the molecule is CCC(C)C(=O)NC(CS(=O)(=O)O)c1ccccc1. The number of nitrogens with one attached hydrogen (secondary N) is 1. The molecule has 0 aromatic heterocycles. The van der Waals surface area contributed by atoms with Crippen LogP contribution in [0.5, 0.6) is 0 Å². The van der Waals surface area contributed by atoms with E-state index in [4.69, 9.17) is 4.55 Å². The van der Waals surface area contributed by atoms with Crippen molar-refractivity contribution in [2.75, 3.05) is 5.75 Å². The van der Waals surface area contributed by atoms with Crippen LogP contribution in [0.4, 0.5) is 0 Å². The van der Waals surface area contributed by atoms with Crippen LogP contribution < -0.4 is 5.32 Å². The molecule has 0 spiro atoms. The molecule has 19 heavy (non-hydrogen) atoms. The van der Waals surface area contributed by atoms with Crippen LogP contribution in [0.3, 0.4) is 0 Å². The minimum Gasteiger partial charge on any atom is -0.348 e. The lowest BCUT2D eigenvalue weighted by Crippen LogP contribution is -2.36. The summed E-state index contributed by atoms with van der Waals surface area (Å²) in [4.78, 5) is 11.9. The maximum Gasteiger partial charge on any atom is 0.267 e. The molecule has 2 atom stereocenters. The van der Waals surface area contributed by atoms with Crippen molar-refractivity contribution in [3.63, 3.8) is 0 Å². The van der Waals surface area contributed by atoms with E-state index >= 15 is 0 Å². The highest BCUT2D eigenvalue weighted by Crippen LogP contribution is 2.16. The molecule has 0 fully saturated rings. The Balaban J connectivity index is 2.91. The largest absolute Gasteiger partial charge is 0.348 e. The van der Waals surface area contributed by atoms with Gasteiger partial charge in [0.05, 0.1) is 11.8 Å². The Morgan fingerprint density at radius 3 is 2.37 bits per heavy atom. The van der Waals surface area contributed by atoms with Gasteiger partial charge in [-0.3, -0.25) is 9.35 Å². The molecule has 2 N–H and O–H groups in total. The second kappa shape index (κ2) is 6.68. The van der Waals surface area contributed by atoms with Gasteiger partial charge in [0.25, 0.3) is 10.1 Å². The van der Waals surface area contributed by atoms with Gasteiger partial charge in [-0.15, -0.1) is 0 Å². The first-order valence-corrected chi connectivity index (χ1v) is 7.75. The molecule has 0 radical (unpaired) electrons. The van der Waals surface area contributed by atoms with Gasteiger partial charge in [-0.25, -0.2) is 0 Å². The Labute approximate surface area is 113 Å². The molecule has 2 unspecified atom stereocenters. The first kappa shape index (κ1) is 15.7. The second-order valence-corrected chi connectivity index (χ2v) is 6.03. The standard InChI is InChI=1S/C13H19NO4S/c1-3-10(2)13(15)14-12(9-19(16,17)18)11-7-5-4-6-8-11/h4-8,10,12H,3,9H2,1-2H3,(H,14,15)(H,16,17,18). The fourth-order valence-corrected chi connectivity index (χ4v) is 2.31. The van der Waals surface area contributed by atoms with E-state index in [2.05, 4.69) is 5.32 Å². The van der Waals surface area contributed by atoms with Gasteiger partial charge in [0.1, 0.15) is 0 Å². The topological polar surface area (TPSA) is 83.5 Å². The predicted molar refractivity (Wildman–Crippen MR) is 73.2 cm³/mol. The van der Waals surface area contributed by atoms with Gasteiger partial charge < -0.3 is 5.32 Å². The fourth-order valence-electron chi connectivity index (χ4n) is 1.62. The Morgan fingerprint density at radius 2 is 1.89 bits per heavy atom. The van der Waals surface area contributed by atoms with Gasteiger partial charge in [0.15, 0.2) is 0 Å². The first-order chi connectivity index (χ1) is 8.83. The Bertz CT molecular complexity index is 513. The average Bonchev–Trinajstić information content (AvgIpc) is 2.36. The molecular weight excluding hydrogens is 266 g/mol. The molecule has 1 amide bonds. The zero-order valence-electron chi connectivity index (χ0n) is 11.0. The lowest BCUT2D eigenvalue weighted by atomic mass is 10.1. The maximum absolute atomic E-state index is 11.9. The van der Waals surface area contributed by atoms with Crippen molar-refractivity contribution < 1.29 is 17.8 Å². The lowest BCUT2D eigenvalue weighted by molar-refractivity contribution is -0.125. The molecule has 1 aromatic rings. The van der Waals surface area contributed by atoms with Crippen LogP contribution in [0.2, 0.25) is 0 Å². The third kappa shape index (κ3) is 5.40. The average molecular weight is 285 g/mol. The third-order valence-electron chi connectivity index (χ3n) is 2.96. The quantitative estimate of drug-likeness (QED) is 0.780. The molecule has 0 aliphatic heterocycles. The van der Waals surface area contributed by atoms with Gasteiger partial charge >= 0.3 is 0 Å². The number of amides is 1. The van der Waals surface area contributed by atoms with Crippen molar-refractivity contribution in [3.05, 3.63) is 35.9 Å². The summed E-state index contributed by atoms with van der Waals surface area (Å²) in [5.41, 5.74) is 0.650. The van der Waals surface area contributed by atoms with Crippen LogP contribution in [-0.2, 0) is 14.9 Å². The van der Waals surface area contributed by atoms with Gasteiger partial charge in [0.2, 0.25) is 5.91 Å². The summed E-state index contributed by atoms with van der Waals surface area (Å²) >= 11 is 0. The molecule has 6 heteroatoms. The monoisotopic (exact) mass is 285 g/mol. The van der Waals surface area contributed by atoms with Gasteiger partial charge in [-0.05, 0) is 12.0 Å². The summed E-state index contributed by atoms with van der Waals surface area (Å²) in [5.74, 6) is -0.952. The molecule has 5 nitrogen and oxygen atoms in total. The van der Waals surface area contributed by atoms with Gasteiger partial charge in [0, 0.05) is 5.92 Å². The van der Waals surface area contributed by atoms with Crippen molar-refractivity contribution in [1.82, 2.24) is 5.32 Å². The Morgan fingerprint density at radius 1 is 1.32 bits per heavy atom. The highest BCUT2D eigenvalue weighted by Gasteiger charge is 2.22. The number of hydrogen-bond donors (Lipinski definition) is 2. The van der Waals surface area contributed by atoms with E-state index in [1.807, 2.05) is 6.92 Å².